The van der Waals surface area contributed by atoms with Gasteiger partial charge >= 0.3 is 0 Å². The highest BCUT2D eigenvalue weighted by Gasteiger charge is 2.14. The summed E-state index contributed by atoms with van der Waals surface area (Å²) >= 11 is 0. The Morgan fingerprint density at radius 2 is 1.52 bits per heavy atom. The highest BCUT2D eigenvalue weighted by Crippen LogP contribution is 2.19. The molecule has 0 aliphatic heterocycles. The molecule has 0 aliphatic rings. The first-order valence-corrected chi connectivity index (χ1v) is 8.88. The van der Waals surface area contributed by atoms with Crippen LogP contribution in [0, 0.1) is 0 Å². The Morgan fingerprint density at radius 3 is 2.04 bits per heavy atom. The molecule has 0 radical (unpaired) electrons. The van der Waals surface area contributed by atoms with E-state index in [4.69, 9.17) is 0 Å². The number of hydrogen-bond acceptors (Lipinski definition) is 3. The Bertz CT molecular complexity index is 766. The maximum absolute atomic E-state index is 12.3. The Morgan fingerprint density at radius 1 is 0.957 bits per heavy atom. The van der Waals surface area contributed by atoms with Gasteiger partial charge < -0.3 is 5.32 Å². The quantitative estimate of drug-likeness (QED) is 0.851. The topological polar surface area (TPSA) is 75.3 Å². The van der Waals surface area contributed by atoms with Crippen molar-refractivity contribution in [1.29, 1.82) is 0 Å². The zero-order valence-electron chi connectivity index (χ0n) is 13.2. The van der Waals surface area contributed by atoms with E-state index in [-0.39, 0.29) is 10.8 Å². The molecule has 0 saturated heterocycles. The summed E-state index contributed by atoms with van der Waals surface area (Å²) in [6, 6.07) is 13.4. The van der Waals surface area contributed by atoms with E-state index in [1.165, 1.54) is 24.6 Å². The number of carbonyl (C=O) groups excluding carboxylic acids is 1. The van der Waals surface area contributed by atoms with Crippen molar-refractivity contribution in [3.63, 3.8) is 0 Å². The number of nitrogens with one attached hydrogen (secondary N) is 2. The average molecular weight is 332 g/mol. The van der Waals surface area contributed by atoms with Gasteiger partial charge in [-0.05, 0) is 48.4 Å². The molecular weight excluding hydrogens is 312 g/mol. The summed E-state index contributed by atoms with van der Waals surface area (Å²) in [6.07, 6.45) is 2.02. The third kappa shape index (κ3) is 4.82. The van der Waals surface area contributed by atoms with Crippen molar-refractivity contribution in [2.75, 3.05) is 10.0 Å². The monoisotopic (exact) mass is 332 g/mol. The molecule has 0 aliphatic carbocycles. The number of amides is 1. The van der Waals surface area contributed by atoms with Crippen LogP contribution in [0.25, 0.3) is 0 Å². The lowest BCUT2D eigenvalue weighted by atomic mass is 10.1. The van der Waals surface area contributed by atoms with Gasteiger partial charge in [0.15, 0.2) is 0 Å². The van der Waals surface area contributed by atoms with Gasteiger partial charge in [-0.2, -0.15) is 0 Å². The zero-order valence-corrected chi connectivity index (χ0v) is 14.0. The van der Waals surface area contributed by atoms with Gasteiger partial charge in [0.2, 0.25) is 5.91 Å². The van der Waals surface area contributed by atoms with Crippen LogP contribution in [-0.2, 0) is 21.2 Å². The second-order valence-corrected chi connectivity index (χ2v) is 6.94. The van der Waals surface area contributed by atoms with E-state index in [0.29, 0.717) is 11.4 Å². The van der Waals surface area contributed by atoms with E-state index >= 15 is 0 Å². The van der Waals surface area contributed by atoms with Gasteiger partial charge in [-0.1, -0.05) is 25.5 Å². The van der Waals surface area contributed by atoms with Crippen LogP contribution in [0.4, 0.5) is 11.4 Å². The number of hydrogen-bond donors (Lipinski definition) is 2. The molecule has 0 heterocycles. The van der Waals surface area contributed by atoms with Crippen molar-refractivity contribution in [3.05, 3.63) is 54.1 Å². The molecule has 2 aromatic carbocycles. The molecule has 0 atom stereocenters. The standard InChI is InChI=1S/C17H20N2O3S/c1-3-4-14-5-7-16(8-6-14)19-23(21,22)17-11-9-15(10-12-17)18-13(2)20/h5-12,19H,3-4H2,1-2H3,(H,18,20). The molecule has 0 saturated carbocycles. The van der Waals surface area contributed by atoms with Crippen LogP contribution in [0.5, 0.6) is 0 Å². The minimum atomic E-state index is -3.65. The minimum Gasteiger partial charge on any atom is -0.326 e. The lowest BCUT2D eigenvalue weighted by molar-refractivity contribution is -0.114. The summed E-state index contributed by atoms with van der Waals surface area (Å²) in [5.41, 5.74) is 2.26. The van der Waals surface area contributed by atoms with Crippen LogP contribution in [-0.4, -0.2) is 14.3 Å². The third-order valence-corrected chi connectivity index (χ3v) is 4.63. The molecule has 0 spiro atoms. The molecule has 6 heteroatoms. The second kappa shape index (κ2) is 7.28. The Labute approximate surface area is 136 Å². The number of carbonyl (C=O) groups is 1. The van der Waals surface area contributed by atoms with Gasteiger partial charge in [0, 0.05) is 18.3 Å². The fourth-order valence-corrected chi connectivity index (χ4v) is 3.22. The summed E-state index contributed by atoms with van der Waals surface area (Å²) in [5.74, 6) is -0.203. The number of rotatable bonds is 6. The van der Waals surface area contributed by atoms with E-state index in [9.17, 15) is 13.2 Å². The number of benzene rings is 2. The van der Waals surface area contributed by atoms with Crippen molar-refractivity contribution in [1.82, 2.24) is 0 Å². The largest absolute Gasteiger partial charge is 0.326 e. The maximum atomic E-state index is 12.3. The van der Waals surface area contributed by atoms with Gasteiger partial charge in [0.05, 0.1) is 4.90 Å². The van der Waals surface area contributed by atoms with E-state index < -0.39 is 10.0 Å². The first kappa shape index (κ1) is 17.0. The van der Waals surface area contributed by atoms with Crippen LogP contribution < -0.4 is 10.0 Å². The summed E-state index contributed by atoms with van der Waals surface area (Å²) in [5, 5.41) is 2.60. The Kier molecular flexibility index (Phi) is 5.39. The molecule has 0 aromatic heterocycles. The summed E-state index contributed by atoms with van der Waals surface area (Å²) in [7, 11) is -3.65. The summed E-state index contributed by atoms with van der Waals surface area (Å²) in [6.45, 7) is 3.50. The smallest absolute Gasteiger partial charge is 0.261 e. The van der Waals surface area contributed by atoms with E-state index in [0.717, 1.165) is 12.8 Å². The molecule has 2 N–H and O–H groups in total. The first-order chi connectivity index (χ1) is 10.9. The van der Waals surface area contributed by atoms with Gasteiger partial charge in [-0.25, -0.2) is 8.42 Å². The van der Waals surface area contributed by atoms with Gasteiger partial charge in [-0.3, -0.25) is 9.52 Å². The maximum Gasteiger partial charge on any atom is 0.261 e. The lowest BCUT2D eigenvalue weighted by Crippen LogP contribution is -2.13. The van der Waals surface area contributed by atoms with Crippen LogP contribution in [0.2, 0.25) is 0 Å². The van der Waals surface area contributed by atoms with E-state index in [1.807, 2.05) is 12.1 Å². The van der Waals surface area contributed by atoms with Crippen molar-refractivity contribution in [3.8, 4) is 0 Å². The van der Waals surface area contributed by atoms with Crippen molar-refractivity contribution >= 4 is 27.3 Å². The fraction of sp³-hybridized carbons (Fsp3) is 0.235. The minimum absolute atomic E-state index is 0.143. The predicted octanol–water partition coefficient (Wildman–Crippen LogP) is 3.40. The van der Waals surface area contributed by atoms with Gasteiger partial charge in [0.25, 0.3) is 10.0 Å². The molecule has 0 bridgehead atoms. The number of sulfonamides is 1. The van der Waals surface area contributed by atoms with Gasteiger partial charge in [0.1, 0.15) is 0 Å². The number of aryl methyl sites for hydroxylation is 1. The molecule has 0 fully saturated rings. The molecule has 2 aromatic rings. The fourth-order valence-electron chi connectivity index (χ4n) is 2.16. The molecule has 2 rings (SSSR count). The second-order valence-electron chi connectivity index (χ2n) is 5.26. The molecule has 23 heavy (non-hydrogen) atoms. The predicted molar refractivity (Wildman–Crippen MR) is 92.0 cm³/mol. The zero-order chi connectivity index (χ0) is 16.9. The first-order valence-electron chi connectivity index (χ1n) is 7.40. The van der Waals surface area contributed by atoms with E-state index in [2.05, 4.69) is 17.0 Å². The van der Waals surface area contributed by atoms with Crippen molar-refractivity contribution < 1.29 is 13.2 Å². The normalized spacial score (nSPS) is 11.0. The van der Waals surface area contributed by atoms with Crippen LogP contribution in [0.15, 0.2) is 53.4 Å². The van der Waals surface area contributed by atoms with Crippen LogP contribution >= 0.6 is 0 Å². The average Bonchev–Trinajstić information content (AvgIpc) is 2.49. The number of anilines is 2. The van der Waals surface area contributed by atoms with Crippen LogP contribution in [0.3, 0.4) is 0 Å². The van der Waals surface area contributed by atoms with Crippen molar-refractivity contribution in [2.45, 2.75) is 31.6 Å². The molecule has 0 unspecified atom stereocenters. The molecule has 1 amide bonds. The SMILES string of the molecule is CCCc1ccc(NS(=O)(=O)c2ccc(NC(C)=O)cc2)cc1. The highest BCUT2D eigenvalue weighted by atomic mass is 32.2. The molecule has 122 valence electrons. The Balaban J connectivity index is 2.13. The Hall–Kier alpha value is -2.34. The highest BCUT2D eigenvalue weighted by molar-refractivity contribution is 7.92. The van der Waals surface area contributed by atoms with Crippen molar-refractivity contribution in [2.24, 2.45) is 0 Å². The summed E-state index contributed by atoms with van der Waals surface area (Å²) < 4.78 is 27.2. The summed E-state index contributed by atoms with van der Waals surface area (Å²) in [4.78, 5) is 11.1. The molecular formula is C17H20N2O3S. The lowest BCUT2D eigenvalue weighted by Gasteiger charge is -2.09. The van der Waals surface area contributed by atoms with E-state index in [1.54, 1.807) is 24.3 Å². The molecule has 5 nitrogen and oxygen atoms in total. The third-order valence-electron chi connectivity index (χ3n) is 3.23. The van der Waals surface area contributed by atoms with Crippen LogP contribution in [0.1, 0.15) is 25.8 Å². The van der Waals surface area contributed by atoms with Gasteiger partial charge in [-0.15, -0.1) is 0 Å².